The summed E-state index contributed by atoms with van der Waals surface area (Å²) >= 11 is 0. The Kier molecular flexibility index (Phi) is 3.16. The van der Waals surface area contributed by atoms with Crippen LogP contribution in [0.1, 0.15) is 39.7 Å². The molecule has 1 aromatic rings. The van der Waals surface area contributed by atoms with Crippen molar-refractivity contribution in [3.63, 3.8) is 0 Å². The maximum Gasteiger partial charge on any atom is 0.171 e. The van der Waals surface area contributed by atoms with Crippen LogP contribution in [0.4, 0.5) is 0 Å². The third-order valence-electron chi connectivity index (χ3n) is 3.47. The average molecular weight is 244 g/mol. The minimum atomic E-state index is -0.158. The number of piperidine rings is 1. The SMILES string of the molecule is CC1(C)CC(=O)/C(=C\c2ccccc2)C(C)(C)[NH2+]1. The van der Waals surface area contributed by atoms with Gasteiger partial charge in [-0.15, -0.1) is 0 Å². The first-order valence-corrected chi connectivity index (χ1v) is 6.48. The summed E-state index contributed by atoms with van der Waals surface area (Å²) in [6.07, 6.45) is 2.64. The highest BCUT2D eigenvalue weighted by molar-refractivity contribution is 6.02. The first-order valence-electron chi connectivity index (χ1n) is 6.48. The molecule has 0 radical (unpaired) electrons. The second-order valence-corrected chi connectivity index (χ2v) is 6.42. The zero-order valence-corrected chi connectivity index (χ0v) is 11.7. The van der Waals surface area contributed by atoms with E-state index < -0.39 is 0 Å². The van der Waals surface area contributed by atoms with Gasteiger partial charge in [-0.1, -0.05) is 30.3 Å². The summed E-state index contributed by atoms with van der Waals surface area (Å²) in [5.41, 5.74) is 1.86. The Balaban J connectivity index is 2.39. The van der Waals surface area contributed by atoms with E-state index in [1.54, 1.807) is 0 Å². The first-order chi connectivity index (χ1) is 8.30. The van der Waals surface area contributed by atoms with Crippen molar-refractivity contribution >= 4 is 11.9 Å². The molecule has 0 aromatic heterocycles. The standard InChI is InChI=1S/C16H21NO/c1-15(2)11-14(18)13(16(3,4)17-15)10-12-8-6-5-7-9-12/h5-10,17H,11H2,1-4H3/p+1/b13-10+. The number of hydrogen-bond acceptors (Lipinski definition) is 1. The maximum atomic E-state index is 12.3. The molecule has 1 heterocycles. The van der Waals surface area contributed by atoms with E-state index in [4.69, 9.17) is 0 Å². The number of Topliss-reactive ketones (excluding diaryl/α,β-unsaturated/α-hetero) is 1. The number of carbonyl (C=O) groups is 1. The molecular formula is C16H22NO+. The molecule has 1 aromatic carbocycles. The normalized spacial score (nSPS) is 24.2. The predicted octanol–water partition coefficient (Wildman–Crippen LogP) is 2.16. The molecular weight excluding hydrogens is 222 g/mol. The molecule has 96 valence electrons. The van der Waals surface area contributed by atoms with Gasteiger partial charge >= 0.3 is 0 Å². The van der Waals surface area contributed by atoms with E-state index in [-0.39, 0.29) is 16.9 Å². The largest absolute Gasteiger partial charge is 0.333 e. The quantitative estimate of drug-likeness (QED) is 0.755. The Hall–Kier alpha value is -1.41. The van der Waals surface area contributed by atoms with Crippen molar-refractivity contribution in [2.75, 3.05) is 0 Å². The zero-order valence-electron chi connectivity index (χ0n) is 11.7. The summed E-state index contributed by atoms with van der Waals surface area (Å²) in [7, 11) is 0. The van der Waals surface area contributed by atoms with Gasteiger partial charge in [-0.05, 0) is 39.3 Å². The number of quaternary nitrogens is 1. The van der Waals surface area contributed by atoms with Crippen LogP contribution in [0.3, 0.4) is 0 Å². The van der Waals surface area contributed by atoms with Crippen LogP contribution in [0, 0.1) is 0 Å². The van der Waals surface area contributed by atoms with E-state index in [1.165, 1.54) is 0 Å². The van der Waals surface area contributed by atoms with Crippen LogP contribution in [0.25, 0.3) is 6.08 Å². The molecule has 1 saturated heterocycles. The fourth-order valence-corrected chi connectivity index (χ4v) is 2.96. The average Bonchev–Trinajstić information content (AvgIpc) is 2.23. The molecule has 0 spiro atoms. The predicted molar refractivity (Wildman–Crippen MR) is 74.1 cm³/mol. The molecule has 2 rings (SSSR count). The summed E-state index contributed by atoms with van der Waals surface area (Å²) < 4.78 is 0. The number of nitrogens with two attached hydrogens (primary N) is 1. The van der Waals surface area contributed by atoms with Crippen molar-refractivity contribution in [3.05, 3.63) is 41.5 Å². The van der Waals surface area contributed by atoms with E-state index in [9.17, 15) is 4.79 Å². The lowest BCUT2D eigenvalue weighted by Gasteiger charge is -2.39. The second kappa shape index (κ2) is 4.36. The van der Waals surface area contributed by atoms with Crippen LogP contribution in [0.15, 0.2) is 35.9 Å². The van der Waals surface area contributed by atoms with Gasteiger partial charge in [-0.2, -0.15) is 0 Å². The third-order valence-corrected chi connectivity index (χ3v) is 3.47. The highest BCUT2D eigenvalue weighted by Gasteiger charge is 2.44. The van der Waals surface area contributed by atoms with Crippen molar-refractivity contribution in [2.45, 2.75) is 45.2 Å². The Morgan fingerprint density at radius 1 is 1.11 bits per heavy atom. The van der Waals surface area contributed by atoms with Gasteiger partial charge in [0.1, 0.15) is 5.54 Å². The van der Waals surface area contributed by atoms with Crippen LogP contribution in [0.5, 0.6) is 0 Å². The highest BCUT2D eigenvalue weighted by atomic mass is 16.1. The van der Waals surface area contributed by atoms with Gasteiger partial charge in [0.2, 0.25) is 0 Å². The zero-order chi connectivity index (χ0) is 13.4. The van der Waals surface area contributed by atoms with Crippen molar-refractivity contribution in [2.24, 2.45) is 0 Å². The maximum absolute atomic E-state index is 12.3. The van der Waals surface area contributed by atoms with Crippen LogP contribution < -0.4 is 5.32 Å². The molecule has 1 aliphatic heterocycles. The van der Waals surface area contributed by atoms with Crippen molar-refractivity contribution in [1.29, 1.82) is 0 Å². The minimum Gasteiger partial charge on any atom is -0.333 e. The Morgan fingerprint density at radius 2 is 1.72 bits per heavy atom. The monoisotopic (exact) mass is 244 g/mol. The summed E-state index contributed by atoms with van der Waals surface area (Å²) in [6.45, 7) is 8.51. The number of ketones is 1. The van der Waals surface area contributed by atoms with E-state index in [0.29, 0.717) is 6.42 Å². The van der Waals surface area contributed by atoms with E-state index >= 15 is 0 Å². The molecule has 0 bridgehead atoms. The van der Waals surface area contributed by atoms with Crippen LogP contribution in [0.2, 0.25) is 0 Å². The van der Waals surface area contributed by atoms with Gasteiger partial charge in [-0.3, -0.25) is 4.79 Å². The minimum absolute atomic E-state index is 0.00535. The van der Waals surface area contributed by atoms with Gasteiger partial charge in [0.15, 0.2) is 5.78 Å². The van der Waals surface area contributed by atoms with Gasteiger partial charge in [0.05, 0.1) is 17.5 Å². The summed E-state index contributed by atoms with van der Waals surface area (Å²) in [6, 6.07) is 10.1. The summed E-state index contributed by atoms with van der Waals surface area (Å²) in [5.74, 6) is 0.274. The molecule has 2 nitrogen and oxygen atoms in total. The van der Waals surface area contributed by atoms with Crippen molar-refractivity contribution in [1.82, 2.24) is 0 Å². The molecule has 2 N–H and O–H groups in total. The molecule has 18 heavy (non-hydrogen) atoms. The van der Waals surface area contributed by atoms with Crippen molar-refractivity contribution in [3.8, 4) is 0 Å². The molecule has 0 saturated carbocycles. The summed E-state index contributed by atoms with van der Waals surface area (Å²) in [5, 5.41) is 2.30. The Labute approximate surface area is 109 Å². The smallest absolute Gasteiger partial charge is 0.171 e. The lowest BCUT2D eigenvalue weighted by Crippen LogP contribution is -3.06. The van der Waals surface area contributed by atoms with Crippen LogP contribution >= 0.6 is 0 Å². The van der Waals surface area contributed by atoms with E-state index in [1.807, 2.05) is 36.4 Å². The van der Waals surface area contributed by atoms with E-state index in [2.05, 4.69) is 33.0 Å². The van der Waals surface area contributed by atoms with Crippen LogP contribution in [-0.2, 0) is 4.79 Å². The number of benzene rings is 1. The molecule has 0 aliphatic carbocycles. The van der Waals surface area contributed by atoms with Crippen molar-refractivity contribution < 1.29 is 10.1 Å². The fraction of sp³-hybridized carbons (Fsp3) is 0.438. The highest BCUT2D eigenvalue weighted by Crippen LogP contribution is 2.25. The Morgan fingerprint density at radius 3 is 2.28 bits per heavy atom. The molecule has 1 aliphatic rings. The first kappa shape index (κ1) is 13.0. The number of hydrogen-bond donors (Lipinski definition) is 1. The second-order valence-electron chi connectivity index (χ2n) is 6.42. The third kappa shape index (κ3) is 2.70. The van der Waals surface area contributed by atoms with Crippen LogP contribution in [-0.4, -0.2) is 16.9 Å². The molecule has 1 fully saturated rings. The molecule has 0 atom stereocenters. The van der Waals surface area contributed by atoms with Gasteiger partial charge in [0.25, 0.3) is 0 Å². The number of rotatable bonds is 1. The Bertz CT molecular complexity index is 483. The lowest BCUT2D eigenvalue weighted by atomic mass is 9.77. The van der Waals surface area contributed by atoms with E-state index in [0.717, 1.165) is 11.1 Å². The molecule has 0 amide bonds. The molecule has 0 unspecified atom stereocenters. The van der Waals surface area contributed by atoms with Gasteiger partial charge in [-0.25, -0.2) is 0 Å². The van der Waals surface area contributed by atoms with Gasteiger partial charge in [0, 0.05) is 0 Å². The lowest BCUT2D eigenvalue weighted by molar-refractivity contribution is -0.772. The van der Waals surface area contributed by atoms with Gasteiger partial charge < -0.3 is 5.32 Å². The fourth-order valence-electron chi connectivity index (χ4n) is 2.96. The molecule has 2 heteroatoms. The number of carbonyl (C=O) groups excluding carboxylic acids is 1. The topological polar surface area (TPSA) is 33.7 Å². The summed E-state index contributed by atoms with van der Waals surface area (Å²) in [4.78, 5) is 12.3.